The molecule has 2 aromatic carbocycles. The summed E-state index contributed by atoms with van der Waals surface area (Å²) in [4.78, 5) is 10.7. The van der Waals surface area contributed by atoms with Crippen LogP contribution in [0, 0.1) is 0 Å². The maximum absolute atomic E-state index is 10.9. The number of ether oxygens (including phenoxy) is 1. The monoisotopic (exact) mass is 381 g/mol. The van der Waals surface area contributed by atoms with Gasteiger partial charge in [0.1, 0.15) is 10.8 Å². The average molecular weight is 382 g/mol. The van der Waals surface area contributed by atoms with Gasteiger partial charge in [0.05, 0.1) is 11.1 Å². The van der Waals surface area contributed by atoms with Crippen molar-refractivity contribution >= 4 is 34.9 Å². The van der Waals surface area contributed by atoms with Crippen LogP contribution in [0.15, 0.2) is 30.3 Å². The quantitative estimate of drug-likeness (QED) is 0.703. The van der Waals surface area contributed by atoms with Gasteiger partial charge in [0.2, 0.25) is 0 Å². The highest BCUT2D eigenvalue weighted by molar-refractivity contribution is 6.43. The summed E-state index contributed by atoms with van der Waals surface area (Å²) in [5, 5.41) is 20.0. The highest BCUT2D eigenvalue weighted by atomic mass is 35.5. The molecule has 1 aliphatic carbocycles. The number of hydrogen-bond donors (Lipinski definition) is 3. The van der Waals surface area contributed by atoms with E-state index in [1.807, 2.05) is 19.1 Å². The van der Waals surface area contributed by atoms with Crippen LogP contribution in [0.5, 0.6) is 5.75 Å². The SMILES string of the molecule is C[C@]1(c2ccc(N)cc2)Cc2cc(OCC(=O)O)c(Cl)c(Cl)c2C1O. The van der Waals surface area contributed by atoms with Gasteiger partial charge in [-0.25, -0.2) is 4.79 Å². The van der Waals surface area contributed by atoms with Crippen LogP contribution in [-0.2, 0) is 16.6 Å². The minimum absolute atomic E-state index is 0.0993. The zero-order valence-corrected chi connectivity index (χ0v) is 14.9. The van der Waals surface area contributed by atoms with E-state index >= 15 is 0 Å². The van der Waals surface area contributed by atoms with E-state index in [2.05, 4.69) is 0 Å². The number of rotatable bonds is 4. The molecule has 0 amide bonds. The molecule has 2 atom stereocenters. The first-order valence-electron chi connectivity index (χ1n) is 7.63. The zero-order chi connectivity index (χ0) is 18.4. The molecule has 0 radical (unpaired) electrons. The van der Waals surface area contributed by atoms with Crippen molar-refractivity contribution in [1.82, 2.24) is 0 Å². The molecule has 0 saturated carbocycles. The number of aliphatic hydroxyl groups excluding tert-OH is 1. The number of carboxylic acids is 1. The van der Waals surface area contributed by atoms with Gasteiger partial charge in [-0.2, -0.15) is 0 Å². The number of nitrogens with two attached hydrogens (primary N) is 1. The summed E-state index contributed by atoms with van der Waals surface area (Å²) < 4.78 is 5.22. The van der Waals surface area contributed by atoms with Crippen molar-refractivity contribution in [3.8, 4) is 5.75 Å². The molecule has 132 valence electrons. The predicted molar refractivity (Wildman–Crippen MR) is 96.5 cm³/mol. The first-order valence-corrected chi connectivity index (χ1v) is 8.39. The second kappa shape index (κ2) is 6.41. The van der Waals surface area contributed by atoms with Crippen molar-refractivity contribution in [2.75, 3.05) is 12.3 Å². The predicted octanol–water partition coefficient (Wildman–Crippen LogP) is 3.59. The Kier molecular flexibility index (Phi) is 4.58. The van der Waals surface area contributed by atoms with E-state index in [1.165, 1.54) is 0 Å². The molecule has 2 aromatic rings. The summed E-state index contributed by atoms with van der Waals surface area (Å²) in [6, 6.07) is 8.97. The topological polar surface area (TPSA) is 92.8 Å². The smallest absolute Gasteiger partial charge is 0.341 e. The molecule has 0 aromatic heterocycles. The molecule has 0 aliphatic heterocycles. The Morgan fingerprint density at radius 2 is 1.96 bits per heavy atom. The highest BCUT2D eigenvalue weighted by Crippen LogP contribution is 2.53. The van der Waals surface area contributed by atoms with Gasteiger partial charge in [-0.1, -0.05) is 42.3 Å². The first-order chi connectivity index (χ1) is 11.7. The third kappa shape index (κ3) is 3.03. The maximum Gasteiger partial charge on any atom is 0.341 e. The molecule has 0 fully saturated rings. The van der Waals surface area contributed by atoms with E-state index in [-0.39, 0.29) is 15.8 Å². The minimum Gasteiger partial charge on any atom is -0.480 e. The fourth-order valence-electron chi connectivity index (χ4n) is 3.29. The normalized spacial score (nSPS) is 21.8. The number of aliphatic carboxylic acids is 1. The fourth-order valence-corrected chi connectivity index (χ4v) is 3.82. The lowest BCUT2D eigenvalue weighted by molar-refractivity contribution is -0.139. The third-order valence-corrected chi connectivity index (χ3v) is 5.52. The number of carbonyl (C=O) groups is 1. The molecule has 0 spiro atoms. The molecule has 5 nitrogen and oxygen atoms in total. The second-order valence-electron chi connectivity index (χ2n) is 6.38. The Hall–Kier alpha value is -1.95. The molecule has 25 heavy (non-hydrogen) atoms. The second-order valence-corrected chi connectivity index (χ2v) is 7.13. The summed E-state index contributed by atoms with van der Waals surface area (Å²) >= 11 is 12.6. The van der Waals surface area contributed by atoms with Gasteiger partial charge in [0.15, 0.2) is 6.61 Å². The van der Waals surface area contributed by atoms with Crippen LogP contribution in [0.1, 0.15) is 29.7 Å². The largest absolute Gasteiger partial charge is 0.480 e. The average Bonchev–Trinajstić information content (AvgIpc) is 2.82. The lowest BCUT2D eigenvalue weighted by Gasteiger charge is -2.29. The lowest BCUT2D eigenvalue weighted by Crippen LogP contribution is -2.27. The summed E-state index contributed by atoms with van der Waals surface area (Å²) in [5.41, 5.74) is 8.03. The van der Waals surface area contributed by atoms with Crippen LogP contribution in [0.25, 0.3) is 0 Å². The third-order valence-electron chi connectivity index (χ3n) is 4.65. The number of benzene rings is 2. The fraction of sp³-hybridized carbons (Fsp3) is 0.278. The summed E-state index contributed by atoms with van der Waals surface area (Å²) in [5.74, 6) is -0.916. The van der Waals surface area contributed by atoms with Gasteiger partial charge in [-0.15, -0.1) is 0 Å². The van der Waals surface area contributed by atoms with Crippen LogP contribution in [0.3, 0.4) is 0 Å². The number of aliphatic hydroxyl groups is 1. The number of halogens is 2. The number of fused-ring (bicyclic) bond motifs is 1. The van der Waals surface area contributed by atoms with Gasteiger partial charge < -0.3 is 20.7 Å². The van der Waals surface area contributed by atoms with Crippen LogP contribution in [0.2, 0.25) is 10.0 Å². The Morgan fingerprint density at radius 1 is 1.32 bits per heavy atom. The molecule has 7 heteroatoms. The van der Waals surface area contributed by atoms with Gasteiger partial charge in [-0.05, 0) is 35.7 Å². The number of anilines is 1. The Morgan fingerprint density at radius 3 is 2.56 bits per heavy atom. The van der Waals surface area contributed by atoms with Gasteiger partial charge >= 0.3 is 5.97 Å². The first kappa shape index (κ1) is 17.9. The molecule has 0 saturated heterocycles. The van der Waals surface area contributed by atoms with Gasteiger partial charge in [0, 0.05) is 16.7 Å². The zero-order valence-electron chi connectivity index (χ0n) is 13.4. The molecule has 4 N–H and O–H groups in total. The van der Waals surface area contributed by atoms with E-state index in [0.717, 1.165) is 11.1 Å². The van der Waals surface area contributed by atoms with Crippen LogP contribution >= 0.6 is 23.2 Å². The van der Waals surface area contributed by atoms with E-state index < -0.39 is 24.1 Å². The standard InChI is InChI=1S/C18H17Cl2NO4/c1-18(10-2-4-11(21)5-3-10)7-9-6-12(25-8-13(22)23)15(19)16(20)14(9)17(18)24/h2-6,17,24H,7-8,21H2,1H3,(H,22,23)/t17?,18-/m1/s1. The van der Waals surface area contributed by atoms with Gasteiger partial charge in [-0.3, -0.25) is 0 Å². The molecule has 0 heterocycles. The number of carboxylic acid groups (broad SMARTS) is 1. The Bertz CT molecular complexity index is 838. The van der Waals surface area contributed by atoms with Crippen molar-refractivity contribution in [2.24, 2.45) is 0 Å². The number of nitrogen functional groups attached to an aromatic ring is 1. The van der Waals surface area contributed by atoms with Crippen LogP contribution < -0.4 is 10.5 Å². The molecule has 0 bridgehead atoms. The Balaban J connectivity index is 2.03. The summed E-state index contributed by atoms with van der Waals surface area (Å²) in [6.07, 6.45) is -0.349. The molecule has 1 unspecified atom stereocenters. The van der Waals surface area contributed by atoms with Crippen LogP contribution in [0.4, 0.5) is 5.69 Å². The van der Waals surface area contributed by atoms with E-state index in [4.69, 9.17) is 38.8 Å². The van der Waals surface area contributed by atoms with Crippen molar-refractivity contribution in [2.45, 2.75) is 24.9 Å². The molecule has 3 rings (SSSR count). The maximum atomic E-state index is 10.9. The van der Waals surface area contributed by atoms with Gasteiger partial charge in [0.25, 0.3) is 0 Å². The summed E-state index contributed by atoms with van der Waals surface area (Å²) in [6.45, 7) is 1.41. The lowest BCUT2D eigenvalue weighted by atomic mass is 9.78. The van der Waals surface area contributed by atoms with Crippen LogP contribution in [-0.4, -0.2) is 22.8 Å². The molecular weight excluding hydrogens is 365 g/mol. The van der Waals surface area contributed by atoms with Crippen molar-refractivity contribution in [3.05, 3.63) is 57.1 Å². The highest BCUT2D eigenvalue weighted by Gasteiger charge is 2.45. The number of hydrogen-bond acceptors (Lipinski definition) is 4. The van der Waals surface area contributed by atoms with Crippen molar-refractivity contribution < 1.29 is 19.7 Å². The van der Waals surface area contributed by atoms with E-state index in [0.29, 0.717) is 17.7 Å². The summed E-state index contributed by atoms with van der Waals surface area (Å²) in [7, 11) is 0. The van der Waals surface area contributed by atoms with E-state index in [1.54, 1.807) is 18.2 Å². The Labute approximate surface area is 154 Å². The molecule has 1 aliphatic rings. The van der Waals surface area contributed by atoms with E-state index in [9.17, 15) is 9.90 Å². The van der Waals surface area contributed by atoms with Crippen molar-refractivity contribution in [3.63, 3.8) is 0 Å². The minimum atomic E-state index is -1.11. The van der Waals surface area contributed by atoms with Crippen molar-refractivity contribution in [1.29, 1.82) is 0 Å². The molecular formula is C18H17Cl2NO4.